The minimum Gasteiger partial charge on any atom is -0.359 e. The van der Waals surface area contributed by atoms with Gasteiger partial charge in [-0.2, -0.15) is 13.2 Å². The Labute approximate surface area is 81.1 Å². The second kappa shape index (κ2) is 5.30. The lowest BCUT2D eigenvalue weighted by Crippen LogP contribution is -2.33. The van der Waals surface area contributed by atoms with Crippen molar-refractivity contribution in [2.45, 2.75) is 12.6 Å². The molecule has 0 aromatic carbocycles. The second-order valence-electron chi connectivity index (χ2n) is 2.60. The summed E-state index contributed by atoms with van der Waals surface area (Å²) < 4.78 is 55.0. The highest BCUT2D eigenvalue weighted by Gasteiger charge is 2.41. The van der Waals surface area contributed by atoms with E-state index in [0.29, 0.717) is 0 Å². The number of rotatable bonds is 4. The number of carbonyl (C=O) groups is 1. The predicted octanol–water partition coefficient (Wildman–Crippen LogP) is 0.523. The van der Waals surface area contributed by atoms with Gasteiger partial charge in [-0.1, -0.05) is 0 Å². The van der Waals surface area contributed by atoms with E-state index in [1.54, 1.807) is 0 Å². The van der Waals surface area contributed by atoms with Gasteiger partial charge < -0.3 is 9.87 Å². The lowest BCUT2D eigenvalue weighted by atomic mass is 10.1. The molecular formula is C6H10F3NO3S. The zero-order valence-corrected chi connectivity index (χ0v) is 8.11. The van der Waals surface area contributed by atoms with Crippen molar-refractivity contribution in [3.05, 3.63) is 0 Å². The van der Waals surface area contributed by atoms with Gasteiger partial charge in [0.1, 0.15) is 0 Å². The third-order valence-corrected chi connectivity index (χ3v) is 2.20. The van der Waals surface area contributed by atoms with Crippen molar-refractivity contribution in [1.82, 2.24) is 5.32 Å². The molecule has 0 aliphatic heterocycles. The molecule has 0 radical (unpaired) electrons. The van der Waals surface area contributed by atoms with Crippen LogP contribution in [0, 0.1) is 5.92 Å². The molecule has 4 nitrogen and oxygen atoms in total. The molecular weight excluding hydrogens is 223 g/mol. The third-order valence-electron chi connectivity index (χ3n) is 1.52. The van der Waals surface area contributed by atoms with Gasteiger partial charge in [-0.25, -0.2) is 4.21 Å². The first kappa shape index (κ1) is 13.4. The van der Waals surface area contributed by atoms with Gasteiger partial charge in [-0.05, 0) is 0 Å². The van der Waals surface area contributed by atoms with Gasteiger partial charge in [0.25, 0.3) is 0 Å². The lowest BCUT2D eigenvalue weighted by molar-refractivity contribution is -0.173. The second-order valence-corrected chi connectivity index (χ2v) is 3.58. The Hall–Kier alpha value is -0.630. The van der Waals surface area contributed by atoms with Crippen LogP contribution in [-0.2, 0) is 15.9 Å². The molecule has 0 aliphatic carbocycles. The van der Waals surface area contributed by atoms with E-state index in [1.165, 1.54) is 7.05 Å². The summed E-state index contributed by atoms with van der Waals surface area (Å²) in [6, 6.07) is 0. The first-order chi connectivity index (χ1) is 6.27. The maximum absolute atomic E-state index is 12.2. The maximum Gasteiger partial charge on any atom is 0.393 e. The topological polar surface area (TPSA) is 66.4 Å². The van der Waals surface area contributed by atoms with E-state index < -0.39 is 41.3 Å². The Morgan fingerprint density at radius 1 is 1.57 bits per heavy atom. The van der Waals surface area contributed by atoms with Crippen LogP contribution in [0.3, 0.4) is 0 Å². The third kappa shape index (κ3) is 5.18. The van der Waals surface area contributed by atoms with E-state index in [2.05, 4.69) is 0 Å². The van der Waals surface area contributed by atoms with Gasteiger partial charge in [-0.15, -0.1) is 0 Å². The Morgan fingerprint density at radius 2 is 2.07 bits per heavy atom. The molecule has 2 N–H and O–H groups in total. The van der Waals surface area contributed by atoms with Crippen LogP contribution in [0.1, 0.15) is 6.42 Å². The monoisotopic (exact) mass is 233 g/mol. The molecule has 8 heteroatoms. The molecule has 0 bridgehead atoms. The molecule has 0 aromatic heterocycles. The van der Waals surface area contributed by atoms with Crippen LogP contribution < -0.4 is 5.32 Å². The number of amides is 1. The zero-order valence-electron chi connectivity index (χ0n) is 7.30. The average molecular weight is 233 g/mol. The summed E-state index contributed by atoms with van der Waals surface area (Å²) in [5.41, 5.74) is 0. The molecule has 2 unspecified atom stereocenters. The molecule has 2 atom stereocenters. The van der Waals surface area contributed by atoms with Crippen molar-refractivity contribution in [2.24, 2.45) is 5.92 Å². The quantitative estimate of drug-likeness (QED) is 0.696. The normalized spacial score (nSPS) is 16.1. The highest BCUT2D eigenvalue weighted by atomic mass is 32.2. The number of hydrogen-bond acceptors (Lipinski definition) is 2. The summed E-state index contributed by atoms with van der Waals surface area (Å²) in [6.45, 7) is 0. The van der Waals surface area contributed by atoms with Crippen LogP contribution in [0.2, 0.25) is 0 Å². The number of carbonyl (C=O) groups excluding carboxylic acids is 1. The minimum atomic E-state index is -4.63. The first-order valence-corrected chi connectivity index (χ1v) is 4.89. The SMILES string of the molecule is CNC(=O)CC(CS(=O)O)C(F)(F)F. The molecule has 0 spiro atoms. The van der Waals surface area contributed by atoms with Crippen molar-refractivity contribution in [3.8, 4) is 0 Å². The number of alkyl halides is 3. The van der Waals surface area contributed by atoms with E-state index in [0.717, 1.165) is 0 Å². The predicted molar refractivity (Wildman–Crippen MR) is 43.9 cm³/mol. The molecule has 0 aromatic rings. The fourth-order valence-electron chi connectivity index (χ4n) is 0.767. The lowest BCUT2D eigenvalue weighted by Gasteiger charge is -2.17. The summed E-state index contributed by atoms with van der Waals surface area (Å²) in [4.78, 5) is 10.7. The average Bonchev–Trinajstić information content (AvgIpc) is 2.00. The molecule has 1 amide bonds. The maximum atomic E-state index is 12.2. The van der Waals surface area contributed by atoms with E-state index in [4.69, 9.17) is 4.55 Å². The van der Waals surface area contributed by atoms with E-state index in [1.807, 2.05) is 5.32 Å². The van der Waals surface area contributed by atoms with Crippen molar-refractivity contribution < 1.29 is 26.7 Å². The highest BCUT2D eigenvalue weighted by molar-refractivity contribution is 7.79. The van der Waals surface area contributed by atoms with E-state index in [9.17, 15) is 22.2 Å². The molecule has 84 valence electrons. The smallest absolute Gasteiger partial charge is 0.359 e. The van der Waals surface area contributed by atoms with Crippen LogP contribution in [0.5, 0.6) is 0 Å². The van der Waals surface area contributed by atoms with Gasteiger partial charge in [-0.3, -0.25) is 4.79 Å². The highest BCUT2D eigenvalue weighted by Crippen LogP contribution is 2.29. The summed E-state index contributed by atoms with van der Waals surface area (Å²) in [7, 11) is 1.20. The molecule has 0 heterocycles. The van der Waals surface area contributed by atoms with Crippen molar-refractivity contribution in [3.63, 3.8) is 0 Å². The summed E-state index contributed by atoms with van der Waals surface area (Å²) in [5.74, 6) is -3.86. The van der Waals surface area contributed by atoms with Gasteiger partial charge in [0.15, 0.2) is 11.1 Å². The summed E-state index contributed by atoms with van der Waals surface area (Å²) >= 11 is -2.56. The summed E-state index contributed by atoms with van der Waals surface area (Å²) in [5, 5.41) is 2.02. The van der Waals surface area contributed by atoms with E-state index >= 15 is 0 Å². The molecule has 0 saturated heterocycles. The Kier molecular flexibility index (Phi) is 5.06. The number of halogens is 3. The van der Waals surface area contributed by atoms with Crippen LogP contribution in [0.15, 0.2) is 0 Å². The molecule has 0 aliphatic rings. The van der Waals surface area contributed by atoms with Gasteiger partial charge in [0.05, 0.1) is 11.7 Å². The molecule has 14 heavy (non-hydrogen) atoms. The van der Waals surface area contributed by atoms with Gasteiger partial charge >= 0.3 is 6.18 Å². The van der Waals surface area contributed by atoms with Crippen LogP contribution in [0.25, 0.3) is 0 Å². The first-order valence-electron chi connectivity index (χ1n) is 3.62. The van der Waals surface area contributed by atoms with Gasteiger partial charge in [0.2, 0.25) is 5.91 Å². The number of hydrogen-bond donors (Lipinski definition) is 2. The summed E-state index contributed by atoms with van der Waals surface area (Å²) in [6.07, 6.45) is -5.46. The Balaban J connectivity index is 4.41. The van der Waals surface area contributed by atoms with Gasteiger partial charge in [0, 0.05) is 13.5 Å². The Morgan fingerprint density at radius 3 is 2.36 bits per heavy atom. The largest absolute Gasteiger partial charge is 0.393 e. The van der Waals surface area contributed by atoms with Crippen molar-refractivity contribution in [2.75, 3.05) is 12.8 Å². The van der Waals surface area contributed by atoms with Crippen molar-refractivity contribution in [1.29, 1.82) is 0 Å². The molecule has 0 fully saturated rings. The van der Waals surface area contributed by atoms with Crippen LogP contribution in [0.4, 0.5) is 13.2 Å². The van der Waals surface area contributed by atoms with E-state index in [-0.39, 0.29) is 0 Å². The fourth-order valence-corrected chi connectivity index (χ4v) is 1.42. The minimum absolute atomic E-state index is 0.808. The standard InChI is InChI=1S/C6H10F3NO3S/c1-10-5(11)2-4(3-14(12)13)6(7,8)9/h4H,2-3H2,1H3,(H,10,11)(H,12,13). The van der Waals surface area contributed by atoms with Crippen LogP contribution in [-0.4, -0.2) is 33.6 Å². The zero-order chi connectivity index (χ0) is 11.4. The fraction of sp³-hybridized carbons (Fsp3) is 0.833. The van der Waals surface area contributed by atoms with Crippen molar-refractivity contribution >= 4 is 17.0 Å². The number of nitrogens with one attached hydrogen (secondary N) is 1. The molecule has 0 saturated carbocycles. The Bertz CT molecular complexity index is 231. The van der Waals surface area contributed by atoms with Crippen LogP contribution >= 0.6 is 0 Å². The molecule has 0 rings (SSSR count).